The van der Waals surface area contributed by atoms with Crippen LogP contribution in [0.2, 0.25) is 5.02 Å². The first-order valence-corrected chi connectivity index (χ1v) is 6.70. The van der Waals surface area contributed by atoms with Crippen molar-refractivity contribution in [3.05, 3.63) is 22.7 Å². The van der Waals surface area contributed by atoms with Gasteiger partial charge in [0.2, 0.25) is 0 Å². The van der Waals surface area contributed by atoms with E-state index in [9.17, 15) is 8.42 Å². The Morgan fingerprint density at radius 1 is 1.19 bits per heavy atom. The largest absolute Gasteiger partial charge is 0.321 e. The second-order valence-corrected chi connectivity index (χ2v) is 6.69. The molecule has 0 atom stereocenters. The van der Waals surface area contributed by atoms with Crippen LogP contribution in [-0.2, 0) is 15.6 Å². The van der Waals surface area contributed by atoms with Crippen LogP contribution in [0.1, 0.15) is 26.3 Å². The molecule has 0 radical (unpaired) electrons. The van der Waals surface area contributed by atoms with Gasteiger partial charge in [0.1, 0.15) is 0 Å². The van der Waals surface area contributed by atoms with Crippen molar-refractivity contribution in [2.75, 3.05) is 9.44 Å². The lowest BCUT2D eigenvalue weighted by Gasteiger charge is -2.21. The summed E-state index contributed by atoms with van der Waals surface area (Å²) in [6, 6.07) is 3.39. The molecular formula is C10H13ClN2O2S. The van der Waals surface area contributed by atoms with Gasteiger partial charge in [-0.3, -0.25) is 9.44 Å². The fourth-order valence-electron chi connectivity index (χ4n) is 1.69. The average Bonchev–Trinajstić information content (AvgIpc) is 2.35. The molecule has 6 heteroatoms. The van der Waals surface area contributed by atoms with Gasteiger partial charge in [0.15, 0.2) is 0 Å². The van der Waals surface area contributed by atoms with Crippen molar-refractivity contribution in [2.45, 2.75) is 26.2 Å². The monoisotopic (exact) mass is 260 g/mol. The summed E-state index contributed by atoms with van der Waals surface area (Å²) in [5.41, 5.74) is 1.81. The van der Waals surface area contributed by atoms with Crippen LogP contribution >= 0.6 is 11.6 Å². The fraction of sp³-hybridized carbons (Fsp3) is 0.400. The molecule has 2 N–H and O–H groups in total. The fourth-order valence-corrected chi connectivity index (χ4v) is 2.90. The normalized spacial score (nSPS) is 17.5. The van der Waals surface area contributed by atoms with Crippen molar-refractivity contribution in [1.29, 1.82) is 0 Å². The first kappa shape index (κ1) is 11.5. The van der Waals surface area contributed by atoms with Gasteiger partial charge in [-0.15, -0.1) is 0 Å². The van der Waals surface area contributed by atoms with E-state index >= 15 is 0 Å². The third-order valence-corrected chi connectivity index (χ3v) is 3.57. The Balaban J connectivity index is 2.67. The number of nitrogens with one attached hydrogen (secondary N) is 2. The summed E-state index contributed by atoms with van der Waals surface area (Å²) in [6.45, 7) is 6.02. The number of rotatable bonds is 0. The van der Waals surface area contributed by atoms with Crippen LogP contribution in [0.15, 0.2) is 12.1 Å². The lowest BCUT2D eigenvalue weighted by atomic mass is 9.85. The van der Waals surface area contributed by atoms with Crippen molar-refractivity contribution < 1.29 is 8.42 Å². The molecule has 0 spiro atoms. The zero-order valence-electron chi connectivity index (χ0n) is 9.26. The van der Waals surface area contributed by atoms with E-state index in [0.717, 1.165) is 5.56 Å². The van der Waals surface area contributed by atoms with Gasteiger partial charge >= 0.3 is 10.2 Å². The molecule has 2 rings (SSSR count). The highest BCUT2D eigenvalue weighted by molar-refractivity contribution is 7.94. The molecule has 0 unspecified atom stereocenters. The predicted molar refractivity (Wildman–Crippen MR) is 66.3 cm³/mol. The van der Waals surface area contributed by atoms with Crippen LogP contribution in [0, 0.1) is 0 Å². The van der Waals surface area contributed by atoms with Gasteiger partial charge in [-0.25, -0.2) is 0 Å². The van der Waals surface area contributed by atoms with E-state index in [1.165, 1.54) is 0 Å². The molecule has 0 saturated carbocycles. The second kappa shape index (κ2) is 3.28. The van der Waals surface area contributed by atoms with Gasteiger partial charge in [-0.2, -0.15) is 8.42 Å². The van der Waals surface area contributed by atoms with Crippen molar-refractivity contribution in [3.8, 4) is 0 Å². The van der Waals surface area contributed by atoms with E-state index in [1.54, 1.807) is 12.1 Å². The summed E-state index contributed by atoms with van der Waals surface area (Å²) in [5.74, 6) is 0. The predicted octanol–water partition coefficient (Wildman–Crippen LogP) is 2.72. The average molecular weight is 261 g/mol. The maximum atomic E-state index is 11.4. The van der Waals surface area contributed by atoms with E-state index in [-0.39, 0.29) is 5.41 Å². The minimum Gasteiger partial charge on any atom is -0.265 e. The SMILES string of the molecule is CC(C)(C)c1cc(Cl)cc2c1NS(=O)(=O)N2. The van der Waals surface area contributed by atoms with Crippen LogP contribution in [0.4, 0.5) is 11.4 Å². The second-order valence-electron chi connectivity index (χ2n) is 4.83. The van der Waals surface area contributed by atoms with Gasteiger partial charge in [0, 0.05) is 5.02 Å². The number of halogens is 1. The maximum absolute atomic E-state index is 11.4. The number of fused-ring (bicyclic) bond motifs is 1. The maximum Gasteiger partial charge on any atom is 0.321 e. The molecule has 1 aromatic carbocycles. The highest BCUT2D eigenvalue weighted by Crippen LogP contribution is 2.41. The molecule has 1 aliphatic heterocycles. The van der Waals surface area contributed by atoms with Gasteiger partial charge in [0.05, 0.1) is 11.4 Å². The highest BCUT2D eigenvalue weighted by atomic mass is 35.5. The Kier molecular flexibility index (Phi) is 2.36. The van der Waals surface area contributed by atoms with Gasteiger partial charge < -0.3 is 0 Å². The van der Waals surface area contributed by atoms with Gasteiger partial charge in [0.25, 0.3) is 0 Å². The van der Waals surface area contributed by atoms with E-state index < -0.39 is 10.2 Å². The van der Waals surface area contributed by atoms with Crippen molar-refractivity contribution in [3.63, 3.8) is 0 Å². The summed E-state index contributed by atoms with van der Waals surface area (Å²) in [6.07, 6.45) is 0. The van der Waals surface area contributed by atoms with E-state index in [4.69, 9.17) is 11.6 Å². The van der Waals surface area contributed by atoms with E-state index in [0.29, 0.717) is 16.4 Å². The molecule has 0 fully saturated rings. The third-order valence-electron chi connectivity index (χ3n) is 2.39. The molecule has 1 aliphatic rings. The molecule has 4 nitrogen and oxygen atoms in total. The molecule has 0 aromatic heterocycles. The lowest BCUT2D eigenvalue weighted by Crippen LogP contribution is -2.16. The Labute approximate surface area is 100 Å². The van der Waals surface area contributed by atoms with Crippen molar-refractivity contribution >= 4 is 33.2 Å². The number of anilines is 2. The highest BCUT2D eigenvalue weighted by Gasteiger charge is 2.29. The van der Waals surface area contributed by atoms with Crippen LogP contribution in [0.5, 0.6) is 0 Å². The quantitative estimate of drug-likeness (QED) is 0.754. The minimum atomic E-state index is -3.46. The Morgan fingerprint density at radius 2 is 1.81 bits per heavy atom. The molecule has 0 saturated heterocycles. The summed E-state index contributed by atoms with van der Waals surface area (Å²) in [4.78, 5) is 0. The van der Waals surface area contributed by atoms with Crippen LogP contribution in [0.3, 0.4) is 0 Å². The molecular weight excluding hydrogens is 248 g/mol. The number of hydrogen-bond acceptors (Lipinski definition) is 2. The van der Waals surface area contributed by atoms with Crippen LogP contribution in [-0.4, -0.2) is 8.42 Å². The first-order valence-electron chi connectivity index (χ1n) is 4.84. The topological polar surface area (TPSA) is 58.2 Å². The summed E-state index contributed by atoms with van der Waals surface area (Å²) >= 11 is 5.97. The lowest BCUT2D eigenvalue weighted by molar-refractivity contribution is 0.592. The summed E-state index contributed by atoms with van der Waals surface area (Å²) < 4.78 is 27.7. The number of benzene rings is 1. The molecule has 0 aliphatic carbocycles. The Bertz CT molecular complexity index is 547. The van der Waals surface area contributed by atoms with Crippen molar-refractivity contribution in [2.24, 2.45) is 0 Å². The first-order chi connectivity index (χ1) is 7.19. The Morgan fingerprint density at radius 3 is 2.38 bits per heavy atom. The Hall–Kier alpha value is -0.940. The van der Waals surface area contributed by atoms with E-state index in [2.05, 4.69) is 9.44 Å². The molecule has 1 heterocycles. The summed E-state index contributed by atoms with van der Waals surface area (Å²) in [7, 11) is -3.46. The van der Waals surface area contributed by atoms with E-state index in [1.807, 2.05) is 20.8 Å². The third kappa shape index (κ3) is 1.97. The molecule has 16 heavy (non-hydrogen) atoms. The zero-order valence-corrected chi connectivity index (χ0v) is 10.8. The molecule has 1 aromatic rings. The van der Waals surface area contributed by atoms with Gasteiger partial charge in [-0.05, 0) is 23.1 Å². The van der Waals surface area contributed by atoms with Crippen LogP contribution < -0.4 is 9.44 Å². The molecule has 0 bridgehead atoms. The number of hydrogen-bond donors (Lipinski definition) is 2. The molecule has 88 valence electrons. The van der Waals surface area contributed by atoms with Gasteiger partial charge in [-0.1, -0.05) is 32.4 Å². The minimum absolute atomic E-state index is 0.177. The standard InChI is InChI=1S/C10H13ClN2O2S/c1-10(2,3)7-4-6(11)5-8-9(7)13-16(14,15)12-8/h4-5,12-13H,1-3H3. The zero-order chi connectivity index (χ0) is 12.1. The van der Waals surface area contributed by atoms with Crippen LogP contribution in [0.25, 0.3) is 0 Å². The molecule has 0 amide bonds. The smallest absolute Gasteiger partial charge is 0.265 e. The summed E-state index contributed by atoms with van der Waals surface area (Å²) in [5, 5.41) is 0.523. The van der Waals surface area contributed by atoms with Crippen molar-refractivity contribution in [1.82, 2.24) is 0 Å².